The average Bonchev–Trinajstić information content (AvgIpc) is 3.60. The van der Waals surface area contributed by atoms with Gasteiger partial charge in [-0.15, -0.1) is 0 Å². The number of carbonyl (C=O) groups excluding carboxylic acids is 1. The van der Waals surface area contributed by atoms with Gasteiger partial charge in [0, 0.05) is 36.5 Å². The minimum absolute atomic E-state index is 0.0896. The van der Waals surface area contributed by atoms with Gasteiger partial charge >= 0.3 is 0 Å². The number of nitrogens with zero attached hydrogens (tertiary/aromatic N) is 3. The maximum atomic E-state index is 14.8. The number of ether oxygens (including phenoxy) is 2. The van der Waals surface area contributed by atoms with Gasteiger partial charge in [-0.2, -0.15) is 0 Å². The molecule has 3 saturated heterocycles. The van der Waals surface area contributed by atoms with Crippen LogP contribution in [-0.4, -0.2) is 67.3 Å². The molecule has 4 atom stereocenters. The Morgan fingerprint density at radius 1 is 1.03 bits per heavy atom. The molecule has 7 nitrogen and oxygen atoms in total. The molecule has 1 aromatic heterocycles. The normalized spacial score (nSPS) is 27.4. The molecule has 3 aromatic rings. The number of hydrogen-bond donors (Lipinski definition) is 1. The number of piperidine rings is 1. The highest BCUT2D eigenvalue weighted by Crippen LogP contribution is 2.40. The van der Waals surface area contributed by atoms with Crippen molar-refractivity contribution in [3.63, 3.8) is 0 Å². The third-order valence-electron chi connectivity index (χ3n) is 8.46. The zero-order valence-corrected chi connectivity index (χ0v) is 20.7. The highest BCUT2D eigenvalue weighted by atomic mass is 19.1. The third kappa shape index (κ3) is 4.07. The zero-order chi connectivity index (χ0) is 24.9. The first-order chi connectivity index (χ1) is 18.1. The SMILES string of the molecule is O=C1NC(Cc2cc(F)c3c(c2)OCCO3)C(N2CCCC2)C2CN(c3ccc4ccccc4n3)CC12. The summed E-state index contributed by atoms with van der Waals surface area (Å²) in [5.74, 6) is 1.35. The third-order valence-corrected chi connectivity index (χ3v) is 8.46. The number of para-hydroxylation sites is 1. The molecule has 0 bridgehead atoms. The van der Waals surface area contributed by atoms with Crippen LogP contribution < -0.4 is 19.7 Å². The number of pyridine rings is 1. The Morgan fingerprint density at radius 3 is 2.76 bits per heavy atom. The molecule has 2 aromatic carbocycles. The number of halogens is 1. The van der Waals surface area contributed by atoms with Crippen molar-refractivity contribution in [2.24, 2.45) is 11.8 Å². The lowest BCUT2D eigenvalue weighted by Crippen LogP contribution is -2.63. The van der Waals surface area contributed by atoms with E-state index in [-0.39, 0.29) is 35.6 Å². The number of fused-ring (bicyclic) bond motifs is 3. The molecule has 5 heterocycles. The van der Waals surface area contributed by atoms with Crippen LogP contribution in [0.3, 0.4) is 0 Å². The van der Waals surface area contributed by atoms with Crippen molar-refractivity contribution in [2.75, 3.05) is 44.3 Å². The number of nitrogens with one attached hydrogen (secondary N) is 1. The average molecular weight is 503 g/mol. The minimum Gasteiger partial charge on any atom is -0.486 e. The van der Waals surface area contributed by atoms with Gasteiger partial charge in [0.05, 0.1) is 11.4 Å². The van der Waals surface area contributed by atoms with Crippen LogP contribution in [-0.2, 0) is 11.2 Å². The second-order valence-corrected chi connectivity index (χ2v) is 10.7. The Balaban J connectivity index is 1.19. The van der Waals surface area contributed by atoms with Gasteiger partial charge in [-0.1, -0.05) is 18.2 Å². The van der Waals surface area contributed by atoms with E-state index in [0.29, 0.717) is 31.9 Å². The second kappa shape index (κ2) is 9.17. The van der Waals surface area contributed by atoms with Gasteiger partial charge in [-0.25, -0.2) is 9.37 Å². The lowest BCUT2D eigenvalue weighted by atomic mass is 9.78. The highest BCUT2D eigenvalue weighted by molar-refractivity contribution is 5.83. The summed E-state index contributed by atoms with van der Waals surface area (Å²) >= 11 is 0. The Bertz CT molecular complexity index is 1340. The number of hydrogen-bond acceptors (Lipinski definition) is 6. The highest BCUT2D eigenvalue weighted by Gasteiger charge is 2.51. The molecule has 4 unspecified atom stereocenters. The summed E-state index contributed by atoms with van der Waals surface area (Å²) in [5.41, 5.74) is 1.79. The maximum Gasteiger partial charge on any atom is 0.225 e. The quantitative estimate of drug-likeness (QED) is 0.590. The molecule has 4 aliphatic heterocycles. The molecule has 1 amide bonds. The summed E-state index contributed by atoms with van der Waals surface area (Å²) in [4.78, 5) is 23.2. The lowest BCUT2D eigenvalue weighted by Gasteiger charge is -2.44. The molecule has 8 heteroatoms. The minimum atomic E-state index is -0.403. The van der Waals surface area contributed by atoms with E-state index < -0.39 is 5.82 Å². The first-order valence-electron chi connectivity index (χ1n) is 13.4. The van der Waals surface area contributed by atoms with Crippen LogP contribution in [0.5, 0.6) is 11.5 Å². The predicted octanol–water partition coefficient (Wildman–Crippen LogP) is 3.40. The van der Waals surface area contributed by atoms with Crippen LogP contribution in [0.15, 0.2) is 48.5 Å². The Labute approximate surface area is 215 Å². The monoisotopic (exact) mass is 502 g/mol. The van der Waals surface area contributed by atoms with Crippen LogP contribution in [0.4, 0.5) is 10.2 Å². The molecule has 1 N–H and O–H groups in total. The van der Waals surface area contributed by atoms with Crippen molar-refractivity contribution >= 4 is 22.6 Å². The standard InChI is InChI=1S/C29H31FN4O3/c30-22-13-18(15-25-28(22)37-12-11-36-25)14-24-27(33-9-3-4-10-33)20-16-34(17-21(20)29(35)32-24)26-8-7-19-5-1-2-6-23(19)31-26/h1-2,5-8,13,15,20-21,24,27H,3-4,9-12,14,16-17H2,(H,32,35). The largest absolute Gasteiger partial charge is 0.486 e. The van der Waals surface area contributed by atoms with Gasteiger partial charge in [-0.3, -0.25) is 9.69 Å². The number of benzene rings is 2. The van der Waals surface area contributed by atoms with Gasteiger partial charge in [0.15, 0.2) is 17.3 Å². The van der Waals surface area contributed by atoms with Gasteiger partial charge in [0.1, 0.15) is 19.0 Å². The molecular weight excluding hydrogens is 471 g/mol. The fourth-order valence-electron chi connectivity index (χ4n) is 6.82. The molecule has 4 aliphatic rings. The van der Waals surface area contributed by atoms with Gasteiger partial charge in [-0.05, 0) is 68.2 Å². The lowest BCUT2D eigenvalue weighted by molar-refractivity contribution is -0.131. The van der Waals surface area contributed by atoms with E-state index in [2.05, 4.69) is 33.3 Å². The maximum absolute atomic E-state index is 14.8. The summed E-state index contributed by atoms with van der Waals surface area (Å²) in [6, 6.07) is 15.8. The van der Waals surface area contributed by atoms with Crippen molar-refractivity contribution in [1.82, 2.24) is 15.2 Å². The van der Waals surface area contributed by atoms with E-state index in [9.17, 15) is 9.18 Å². The summed E-state index contributed by atoms with van der Waals surface area (Å²) < 4.78 is 25.9. The zero-order valence-electron chi connectivity index (χ0n) is 20.7. The Kier molecular flexibility index (Phi) is 5.65. The molecule has 0 radical (unpaired) electrons. The van der Waals surface area contributed by atoms with Crippen LogP contribution >= 0.6 is 0 Å². The van der Waals surface area contributed by atoms with E-state index in [1.54, 1.807) is 0 Å². The topological polar surface area (TPSA) is 66.9 Å². The van der Waals surface area contributed by atoms with Crippen molar-refractivity contribution in [1.29, 1.82) is 0 Å². The van der Waals surface area contributed by atoms with Crippen LogP contribution in [0.1, 0.15) is 18.4 Å². The van der Waals surface area contributed by atoms with Crippen molar-refractivity contribution in [3.8, 4) is 11.5 Å². The van der Waals surface area contributed by atoms with Crippen molar-refractivity contribution in [2.45, 2.75) is 31.3 Å². The Hall–Kier alpha value is -3.39. The molecule has 0 aliphatic carbocycles. The number of likely N-dealkylation sites (tertiary alicyclic amines) is 1. The molecule has 3 fully saturated rings. The fourth-order valence-corrected chi connectivity index (χ4v) is 6.82. The smallest absolute Gasteiger partial charge is 0.225 e. The van der Waals surface area contributed by atoms with Gasteiger partial charge in [0.25, 0.3) is 0 Å². The molecule has 37 heavy (non-hydrogen) atoms. The molecule has 7 rings (SSSR count). The second-order valence-electron chi connectivity index (χ2n) is 10.7. The predicted molar refractivity (Wildman–Crippen MR) is 139 cm³/mol. The molecular formula is C29H31FN4O3. The number of rotatable bonds is 4. The summed E-state index contributed by atoms with van der Waals surface area (Å²) in [6.07, 6.45) is 2.89. The van der Waals surface area contributed by atoms with Crippen LogP contribution in [0.2, 0.25) is 0 Å². The van der Waals surface area contributed by atoms with Crippen molar-refractivity contribution < 1.29 is 18.7 Å². The van der Waals surface area contributed by atoms with Crippen LogP contribution in [0, 0.1) is 17.7 Å². The summed E-state index contributed by atoms with van der Waals surface area (Å²) in [5, 5.41) is 4.46. The number of amides is 1. The van der Waals surface area contributed by atoms with E-state index in [0.717, 1.165) is 41.9 Å². The number of carbonyl (C=O) groups is 1. The van der Waals surface area contributed by atoms with E-state index in [1.165, 1.54) is 18.9 Å². The fraction of sp³-hybridized carbons (Fsp3) is 0.448. The number of anilines is 1. The molecule has 0 saturated carbocycles. The summed E-state index contributed by atoms with van der Waals surface area (Å²) in [7, 11) is 0. The molecule has 0 spiro atoms. The van der Waals surface area contributed by atoms with Gasteiger partial charge in [0.2, 0.25) is 5.91 Å². The van der Waals surface area contributed by atoms with Gasteiger partial charge < -0.3 is 19.7 Å². The first-order valence-corrected chi connectivity index (χ1v) is 13.4. The van der Waals surface area contributed by atoms with E-state index in [4.69, 9.17) is 14.5 Å². The summed E-state index contributed by atoms with van der Waals surface area (Å²) in [6.45, 7) is 4.28. The first kappa shape index (κ1) is 22.8. The van der Waals surface area contributed by atoms with E-state index in [1.807, 2.05) is 24.3 Å². The van der Waals surface area contributed by atoms with E-state index >= 15 is 0 Å². The number of aromatic nitrogens is 1. The van der Waals surface area contributed by atoms with Crippen LogP contribution in [0.25, 0.3) is 10.9 Å². The molecule has 192 valence electrons. The van der Waals surface area contributed by atoms with Crippen molar-refractivity contribution in [3.05, 3.63) is 59.9 Å². The Morgan fingerprint density at radius 2 is 1.86 bits per heavy atom.